The number of aromatic hydroxyl groups is 1. The molecular weight excluding hydrogens is 474 g/mol. The van der Waals surface area contributed by atoms with Crippen molar-refractivity contribution in [3.8, 4) is 5.75 Å². The van der Waals surface area contributed by atoms with Crippen LogP contribution < -0.4 is 45.0 Å². The standard InChI is InChI=1S/C24H35N7O2.4H3N.4H2/c1-24(2,3)20(33)26-18-11-10-17(16-19(18)32)25-21-27-22(30-12-6-4-7-13-30)29-23(28-21)31-14-8-5-9-15-31;;;;;;;;/h10-11,16,32H,4-9,12-15H2,1-3H3,(H,26,33)(H,25,27,28,29);4*1H3;4*1H. The molecule has 2 fully saturated rings. The smallest absolute Gasteiger partial charge is 0.233 e. The molecule has 1 aromatic heterocycles. The summed E-state index contributed by atoms with van der Waals surface area (Å²) in [7, 11) is 0. The number of hydrogen-bond donors (Lipinski definition) is 7. The normalized spacial score (nSPS) is 15.2. The molecule has 0 bridgehead atoms. The molecule has 0 spiro atoms. The number of nitrogens with zero attached hydrogens (tertiary/aromatic N) is 5. The van der Waals surface area contributed by atoms with Crippen molar-refractivity contribution in [3.63, 3.8) is 0 Å². The van der Waals surface area contributed by atoms with Crippen LogP contribution in [0.2, 0.25) is 0 Å². The molecule has 0 saturated carbocycles. The summed E-state index contributed by atoms with van der Waals surface area (Å²) < 4.78 is 0. The van der Waals surface area contributed by atoms with Crippen molar-refractivity contribution in [2.24, 2.45) is 5.41 Å². The first-order chi connectivity index (χ1) is 15.8. The number of benzene rings is 1. The van der Waals surface area contributed by atoms with Crippen molar-refractivity contribution in [1.29, 1.82) is 0 Å². The van der Waals surface area contributed by atoms with E-state index in [1.807, 2.05) is 20.8 Å². The third-order valence-corrected chi connectivity index (χ3v) is 6.07. The zero-order valence-electron chi connectivity index (χ0n) is 22.7. The minimum Gasteiger partial charge on any atom is -0.506 e. The highest BCUT2D eigenvalue weighted by Gasteiger charge is 2.23. The average Bonchev–Trinajstić information content (AvgIpc) is 2.81. The van der Waals surface area contributed by atoms with E-state index in [0.29, 0.717) is 29.2 Å². The molecule has 218 valence electrons. The van der Waals surface area contributed by atoms with E-state index in [1.54, 1.807) is 18.2 Å². The van der Waals surface area contributed by atoms with Crippen LogP contribution in [-0.4, -0.2) is 52.1 Å². The minimum absolute atomic E-state index is 0. The maximum absolute atomic E-state index is 12.3. The summed E-state index contributed by atoms with van der Waals surface area (Å²) in [4.78, 5) is 30.9. The molecule has 1 aromatic carbocycles. The lowest BCUT2D eigenvalue weighted by atomic mass is 9.95. The molecule has 0 aliphatic carbocycles. The number of nitrogens with one attached hydrogen (secondary N) is 2. The number of piperidine rings is 2. The molecule has 0 unspecified atom stereocenters. The van der Waals surface area contributed by atoms with Crippen molar-refractivity contribution in [2.75, 3.05) is 46.6 Å². The Labute approximate surface area is 226 Å². The number of carbonyl (C=O) groups is 1. The second-order valence-corrected chi connectivity index (χ2v) is 9.92. The van der Waals surface area contributed by atoms with Gasteiger partial charge in [-0.3, -0.25) is 4.79 Å². The van der Waals surface area contributed by atoms with E-state index in [2.05, 4.69) is 20.4 Å². The average molecular weight is 530 g/mol. The highest BCUT2D eigenvalue weighted by Crippen LogP contribution is 2.30. The highest BCUT2D eigenvalue weighted by atomic mass is 16.3. The van der Waals surface area contributed by atoms with Crippen molar-refractivity contribution in [2.45, 2.75) is 59.3 Å². The predicted molar refractivity (Wildman–Crippen MR) is 160 cm³/mol. The molecule has 2 saturated heterocycles. The number of phenols is 1. The lowest BCUT2D eigenvalue weighted by molar-refractivity contribution is -0.123. The zero-order chi connectivity index (χ0) is 23.4. The van der Waals surface area contributed by atoms with E-state index in [0.717, 1.165) is 51.9 Å². The number of carbonyl (C=O) groups excluding carboxylic acids is 1. The third-order valence-electron chi connectivity index (χ3n) is 6.07. The Balaban J connectivity index is -0.000000540. The molecule has 1 amide bonds. The molecule has 37 heavy (non-hydrogen) atoms. The van der Waals surface area contributed by atoms with Gasteiger partial charge in [0.1, 0.15) is 5.75 Å². The molecule has 13 nitrogen and oxygen atoms in total. The van der Waals surface area contributed by atoms with E-state index >= 15 is 0 Å². The Morgan fingerprint density at radius 3 is 1.76 bits per heavy atom. The Morgan fingerprint density at radius 2 is 1.32 bits per heavy atom. The van der Waals surface area contributed by atoms with E-state index in [-0.39, 0.29) is 42.0 Å². The Morgan fingerprint density at radius 1 is 0.838 bits per heavy atom. The quantitative estimate of drug-likeness (QED) is 0.223. The fraction of sp³-hybridized carbons (Fsp3) is 0.583. The van der Waals surface area contributed by atoms with Crippen LogP contribution in [0.4, 0.5) is 29.2 Å². The summed E-state index contributed by atoms with van der Waals surface area (Å²) in [6.45, 7) is 9.29. The van der Waals surface area contributed by atoms with E-state index in [1.165, 1.54) is 12.8 Å². The van der Waals surface area contributed by atoms with Crippen LogP contribution in [0.3, 0.4) is 0 Å². The number of anilines is 5. The molecule has 15 N–H and O–H groups in total. The molecule has 0 atom stereocenters. The van der Waals surface area contributed by atoms with Crippen LogP contribution in [0.25, 0.3) is 0 Å². The van der Waals surface area contributed by atoms with Gasteiger partial charge in [-0.1, -0.05) is 20.8 Å². The van der Waals surface area contributed by atoms with E-state index in [9.17, 15) is 9.90 Å². The first-order valence-corrected chi connectivity index (χ1v) is 12.0. The van der Waals surface area contributed by atoms with Gasteiger partial charge in [0, 0.05) is 49.1 Å². The number of aromatic nitrogens is 3. The van der Waals surface area contributed by atoms with Gasteiger partial charge in [-0.15, -0.1) is 0 Å². The molecular formula is C24H55N11O2. The van der Waals surface area contributed by atoms with Gasteiger partial charge >= 0.3 is 0 Å². The zero-order valence-corrected chi connectivity index (χ0v) is 22.7. The van der Waals surface area contributed by atoms with Gasteiger partial charge in [0.2, 0.25) is 23.8 Å². The summed E-state index contributed by atoms with van der Waals surface area (Å²) >= 11 is 0. The third kappa shape index (κ3) is 8.67. The largest absolute Gasteiger partial charge is 0.506 e. The van der Waals surface area contributed by atoms with Crippen LogP contribution in [-0.2, 0) is 4.79 Å². The molecule has 3 heterocycles. The van der Waals surface area contributed by atoms with Crippen molar-refractivity contribution in [1.82, 2.24) is 39.6 Å². The van der Waals surface area contributed by atoms with E-state index in [4.69, 9.17) is 15.0 Å². The highest BCUT2D eigenvalue weighted by molar-refractivity contribution is 5.96. The van der Waals surface area contributed by atoms with Crippen molar-refractivity contribution >= 4 is 35.1 Å². The molecule has 2 aliphatic heterocycles. The predicted octanol–water partition coefficient (Wildman–Crippen LogP) is 5.92. The lowest BCUT2D eigenvalue weighted by Crippen LogP contribution is -2.34. The van der Waals surface area contributed by atoms with Gasteiger partial charge in [-0.2, -0.15) is 15.0 Å². The van der Waals surface area contributed by atoms with Crippen molar-refractivity contribution < 1.29 is 15.6 Å². The fourth-order valence-electron chi connectivity index (χ4n) is 4.03. The Hall–Kier alpha value is -3.26. The van der Waals surface area contributed by atoms with Crippen LogP contribution in [0.5, 0.6) is 5.75 Å². The first-order valence-electron chi connectivity index (χ1n) is 12.0. The Bertz CT molecular complexity index is 968. The van der Waals surface area contributed by atoms with Gasteiger partial charge in [0.25, 0.3) is 0 Å². The van der Waals surface area contributed by atoms with E-state index < -0.39 is 5.41 Å². The van der Waals surface area contributed by atoms with Gasteiger partial charge in [-0.05, 0) is 50.7 Å². The minimum atomic E-state index is -0.552. The van der Waals surface area contributed by atoms with Crippen LogP contribution >= 0.6 is 0 Å². The lowest BCUT2D eigenvalue weighted by Gasteiger charge is -2.30. The topological polar surface area (TPSA) is 247 Å². The monoisotopic (exact) mass is 529 g/mol. The summed E-state index contributed by atoms with van der Waals surface area (Å²) in [5, 5.41) is 16.5. The number of rotatable bonds is 5. The second kappa shape index (κ2) is 14.5. The maximum atomic E-state index is 12.3. The number of amides is 1. The summed E-state index contributed by atoms with van der Waals surface area (Å²) in [5.41, 5.74) is 0.463. The maximum Gasteiger partial charge on any atom is 0.233 e. The van der Waals surface area contributed by atoms with Gasteiger partial charge < -0.3 is 50.1 Å². The van der Waals surface area contributed by atoms with Crippen LogP contribution in [0.1, 0.15) is 65.0 Å². The van der Waals surface area contributed by atoms with Crippen LogP contribution in [0, 0.1) is 5.41 Å². The van der Waals surface area contributed by atoms with Gasteiger partial charge in [-0.25, -0.2) is 0 Å². The first kappa shape index (κ1) is 33.7. The molecule has 4 rings (SSSR count). The number of phenolic OH excluding ortho intramolecular Hbond substituents is 1. The summed E-state index contributed by atoms with van der Waals surface area (Å²) in [6.07, 6.45) is 7.05. The van der Waals surface area contributed by atoms with Gasteiger partial charge in [0.05, 0.1) is 5.69 Å². The molecule has 2 aliphatic rings. The fourth-order valence-corrected chi connectivity index (χ4v) is 4.03. The molecule has 0 radical (unpaired) electrons. The molecule has 13 heteroatoms. The van der Waals surface area contributed by atoms with Crippen LogP contribution in [0.15, 0.2) is 18.2 Å². The SMILES string of the molecule is CC(C)(C)C(=O)Nc1ccc(Nc2nc(N3CCCCC3)nc(N3CCCCC3)n2)cc1O.N.N.N.N.[HH].[HH].[HH].[HH]. The molecule has 2 aromatic rings. The van der Waals surface area contributed by atoms with Crippen molar-refractivity contribution in [3.05, 3.63) is 18.2 Å². The summed E-state index contributed by atoms with van der Waals surface area (Å²) in [5.74, 6) is 1.68. The summed E-state index contributed by atoms with van der Waals surface area (Å²) in [6, 6.07) is 5.05. The Kier molecular flexibility index (Phi) is 13.2. The number of hydrogen-bond acceptors (Lipinski definition) is 12. The van der Waals surface area contributed by atoms with Gasteiger partial charge in [0.15, 0.2) is 0 Å². The second-order valence-electron chi connectivity index (χ2n) is 9.92.